The Bertz CT molecular complexity index is 1140. The third kappa shape index (κ3) is 42.2. The van der Waals surface area contributed by atoms with Gasteiger partial charge in [0, 0.05) is 12.8 Å². The van der Waals surface area contributed by atoms with Crippen molar-refractivity contribution in [3.8, 4) is 0 Å². The molecule has 11 nitrogen and oxygen atoms in total. The molecule has 0 aliphatic rings. The molecule has 0 aromatic rings. The maximum absolute atomic E-state index is 12.7. The zero-order chi connectivity index (χ0) is 43.5. The van der Waals surface area contributed by atoms with Crippen molar-refractivity contribution in [3.63, 3.8) is 0 Å². The van der Waals surface area contributed by atoms with Gasteiger partial charge in [0.2, 0.25) is 0 Å². The van der Waals surface area contributed by atoms with Crippen LogP contribution in [0.1, 0.15) is 213 Å². The van der Waals surface area contributed by atoms with E-state index in [1.807, 2.05) is 0 Å². The van der Waals surface area contributed by atoms with Crippen LogP contribution in [0.15, 0.2) is 36.5 Å². The van der Waals surface area contributed by atoms with Gasteiger partial charge < -0.3 is 25.2 Å². The second kappa shape index (κ2) is 42.4. The Balaban J connectivity index is 4.33. The number of ether oxygens (including phenoxy) is 2. The summed E-state index contributed by atoms with van der Waals surface area (Å²) in [7, 11) is -4.72. The Hall–Kier alpha value is -2.30. The summed E-state index contributed by atoms with van der Waals surface area (Å²) >= 11 is 0. The molecule has 0 saturated carbocycles. The van der Waals surface area contributed by atoms with Gasteiger partial charge in [-0.3, -0.25) is 23.4 Å². The molecule has 4 N–H and O–H groups in total. The number of aliphatic carboxylic acids is 1. The topological polar surface area (TPSA) is 172 Å². The quantitative estimate of drug-likeness (QED) is 0.0230. The molecule has 12 heteroatoms. The number of hydrogen-bond donors (Lipinski definition) is 3. The van der Waals surface area contributed by atoms with Crippen LogP contribution in [-0.2, 0) is 37.5 Å². The van der Waals surface area contributed by atoms with E-state index in [0.29, 0.717) is 12.8 Å². The number of phosphoric ester groups is 1. The summed E-state index contributed by atoms with van der Waals surface area (Å²) in [6.07, 6.45) is 46.3. The van der Waals surface area contributed by atoms with Crippen LogP contribution >= 0.6 is 7.82 Å². The molecule has 0 heterocycles. The van der Waals surface area contributed by atoms with Crippen molar-refractivity contribution < 1.29 is 47.5 Å². The molecule has 3 atom stereocenters. The van der Waals surface area contributed by atoms with Crippen molar-refractivity contribution in [2.45, 2.75) is 225 Å². The van der Waals surface area contributed by atoms with Crippen molar-refractivity contribution in [2.24, 2.45) is 5.73 Å². The average molecular weight is 856 g/mol. The van der Waals surface area contributed by atoms with Gasteiger partial charge in [-0.05, 0) is 51.4 Å². The van der Waals surface area contributed by atoms with Gasteiger partial charge in [-0.2, -0.15) is 0 Å². The first-order valence-electron chi connectivity index (χ1n) is 23.5. The third-order valence-electron chi connectivity index (χ3n) is 10.1. The van der Waals surface area contributed by atoms with E-state index in [2.05, 4.69) is 54.8 Å². The first-order valence-corrected chi connectivity index (χ1v) is 25.0. The molecular weight excluding hydrogens is 769 g/mol. The molecule has 3 unspecified atom stereocenters. The molecule has 0 radical (unpaired) electrons. The van der Waals surface area contributed by atoms with Crippen LogP contribution in [0.3, 0.4) is 0 Å². The number of carbonyl (C=O) groups excluding carboxylic acids is 2. The zero-order valence-corrected chi connectivity index (χ0v) is 38.2. The van der Waals surface area contributed by atoms with Gasteiger partial charge >= 0.3 is 25.7 Å². The van der Waals surface area contributed by atoms with Crippen molar-refractivity contribution >= 4 is 25.7 Å². The van der Waals surface area contributed by atoms with Gasteiger partial charge in [0.25, 0.3) is 0 Å². The minimum Gasteiger partial charge on any atom is -0.480 e. The van der Waals surface area contributed by atoms with Crippen molar-refractivity contribution in [1.29, 1.82) is 0 Å². The van der Waals surface area contributed by atoms with E-state index < -0.39 is 51.1 Å². The number of allylic oxidation sites excluding steroid dienone is 6. The fraction of sp³-hybridized carbons (Fsp3) is 0.809. The SMILES string of the molecule is CCCCC/C=C\C/C=C\C/C=C\CCCCCCCCC(=O)OC(COC(=O)CCCCCCCCCCCCCCCCCC)COP(=O)(O)OCC(N)C(=O)O. The molecule has 0 aromatic heterocycles. The van der Waals surface area contributed by atoms with Gasteiger partial charge in [0.1, 0.15) is 12.6 Å². The minimum atomic E-state index is -4.72. The standard InChI is InChI=1S/C47H86NO10P/c1-3-5-7-9-11-13-15-17-19-21-22-23-25-27-29-31-33-35-37-39-46(50)58-43(41-56-59(53,54)57-42-44(48)47(51)52)40-55-45(49)38-36-34-32-30-28-26-24-20-18-16-14-12-10-8-6-4-2/h11,13,17,19,22-23,43-44H,3-10,12,14-16,18,20-21,24-42,48H2,1-2H3,(H,51,52)(H,53,54)/b13-11-,19-17-,23-22-. The van der Waals surface area contributed by atoms with Crippen molar-refractivity contribution in [1.82, 2.24) is 0 Å². The lowest BCUT2D eigenvalue weighted by Crippen LogP contribution is -2.34. The Labute approximate surface area is 359 Å². The highest BCUT2D eigenvalue weighted by molar-refractivity contribution is 7.47. The molecule has 0 saturated heterocycles. The monoisotopic (exact) mass is 856 g/mol. The smallest absolute Gasteiger partial charge is 0.472 e. The molecule has 0 amide bonds. The summed E-state index contributed by atoms with van der Waals surface area (Å²) in [5, 5.41) is 8.90. The van der Waals surface area contributed by atoms with Gasteiger partial charge in [0.15, 0.2) is 6.10 Å². The number of rotatable bonds is 44. The predicted molar refractivity (Wildman–Crippen MR) is 240 cm³/mol. The fourth-order valence-corrected chi connectivity index (χ4v) is 7.20. The lowest BCUT2D eigenvalue weighted by molar-refractivity contribution is -0.161. The molecule has 0 fully saturated rings. The van der Waals surface area contributed by atoms with Crippen LogP contribution in [-0.4, -0.2) is 59.9 Å². The Kier molecular flexibility index (Phi) is 40.7. The van der Waals surface area contributed by atoms with Crippen LogP contribution in [0.4, 0.5) is 0 Å². The Morgan fingerprint density at radius 1 is 0.525 bits per heavy atom. The number of hydrogen-bond acceptors (Lipinski definition) is 9. The number of carbonyl (C=O) groups is 3. The molecule has 0 aromatic carbocycles. The first-order chi connectivity index (χ1) is 28.6. The lowest BCUT2D eigenvalue weighted by Gasteiger charge is -2.20. The first kappa shape index (κ1) is 56.7. The van der Waals surface area contributed by atoms with E-state index in [4.69, 9.17) is 24.8 Å². The minimum absolute atomic E-state index is 0.148. The molecule has 0 spiro atoms. The van der Waals surface area contributed by atoms with Crippen LogP contribution in [0.2, 0.25) is 0 Å². The Morgan fingerprint density at radius 2 is 0.898 bits per heavy atom. The van der Waals surface area contributed by atoms with Gasteiger partial charge in [-0.1, -0.05) is 185 Å². The normalized spacial score (nSPS) is 14.0. The molecule has 0 rings (SSSR count). The van der Waals surface area contributed by atoms with Crippen LogP contribution < -0.4 is 5.73 Å². The lowest BCUT2D eigenvalue weighted by atomic mass is 10.0. The number of esters is 2. The number of carboxylic acids is 1. The number of nitrogens with two attached hydrogens (primary N) is 1. The predicted octanol–water partition coefficient (Wildman–Crippen LogP) is 12.8. The highest BCUT2D eigenvalue weighted by Gasteiger charge is 2.28. The second-order valence-electron chi connectivity index (χ2n) is 15.9. The molecular formula is C47H86NO10P. The molecule has 0 aliphatic heterocycles. The van der Waals surface area contributed by atoms with E-state index in [-0.39, 0.29) is 19.4 Å². The molecule has 344 valence electrons. The van der Waals surface area contributed by atoms with Crippen molar-refractivity contribution in [3.05, 3.63) is 36.5 Å². The van der Waals surface area contributed by atoms with Gasteiger partial charge in [0.05, 0.1) is 13.2 Å². The van der Waals surface area contributed by atoms with E-state index >= 15 is 0 Å². The van der Waals surface area contributed by atoms with E-state index in [1.54, 1.807) is 0 Å². The zero-order valence-electron chi connectivity index (χ0n) is 37.3. The van der Waals surface area contributed by atoms with E-state index in [0.717, 1.165) is 70.6 Å². The maximum atomic E-state index is 12.7. The Morgan fingerprint density at radius 3 is 1.37 bits per heavy atom. The second-order valence-corrected chi connectivity index (χ2v) is 17.3. The number of carboxylic acid groups (broad SMARTS) is 1. The molecule has 0 bridgehead atoms. The highest BCUT2D eigenvalue weighted by Crippen LogP contribution is 2.43. The largest absolute Gasteiger partial charge is 0.480 e. The third-order valence-corrected chi connectivity index (χ3v) is 11.1. The number of unbranched alkanes of at least 4 members (excludes halogenated alkanes) is 24. The summed E-state index contributed by atoms with van der Waals surface area (Å²) in [6.45, 7) is 2.79. The maximum Gasteiger partial charge on any atom is 0.472 e. The van der Waals surface area contributed by atoms with Crippen LogP contribution in [0.25, 0.3) is 0 Å². The molecule has 0 aliphatic carbocycles. The summed E-state index contributed by atoms with van der Waals surface area (Å²) in [4.78, 5) is 46.1. The van der Waals surface area contributed by atoms with Gasteiger partial charge in [-0.25, -0.2) is 4.57 Å². The summed E-state index contributed by atoms with van der Waals surface area (Å²) in [6, 6.07) is -1.52. The van der Waals surface area contributed by atoms with E-state index in [9.17, 15) is 23.8 Å². The summed E-state index contributed by atoms with van der Waals surface area (Å²) < 4.78 is 32.8. The summed E-state index contributed by atoms with van der Waals surface area (Å²) in [5.41, 5.74) is 5.34. The number of phosphoric acid groups is 1. The van der Waals surface area contributed by atoms with Crippen LogP contribution in [0, 0.1) is 0 Å². The average Bonchev–Trinajstić information content (AvgIpc) is 3.21. The fourth-order valence-electron chi connectivity index (χ4n) is 6.43. The van der Waals surface area contributed by atoms with Gasteiger partial charge in [-0.15, -0.1) is 0 Å². The highest BCUT2D eigenvalue weighted by atomic mass is 31.2. The van der Waals surface area contributed by atoms with Crippen molar-refractivity contribution in [2.75, 3.05) is 19.8 Å². The summed E-state index contributed by atoms with van der Waals surface area (Å²) in [5.74, 6) is -2.39. The molecule has 59 heavy (non-hydrogen) atoms. The van der Waals surface area contributed by atoms with E-state index in [1.165, 1.54) is 103 Å². The van der Waals surface area contributed by atoms with Crippen LogP contribution in [0.5, 0.6) is 0 Å².